The molecule has 1 aliphatic rings. The van der Waals surface area contributed by atoms with Gasteiger partial charge in [0.1, 0.15) is 17.3 Å². The lowest BCUT2D eigenvalue weighted by Crippen LogP contribution is -2.14. The van der Waals surface area contributed by atoms with Crippen molar-refractivity contribution in [2.24, 2.45) is 0 Å². The standard InChI is InChI=1S/C16H14FN3O4/c1-8-13-11(15(21)22)6-7-12(16(23)24)18-14(13)20(19-8)10-4-2-9(17)3-5-10/h2-5,7,11,18H,6H2,1H3,(H,21,22)(H,23,24). The van der Waals surface area contributed by atoms with Crippen molar-refractivity contribution >= 4 is 17.8 Å². The van der Waals surface area contributed by atoms with E-state index in [1.807, 2.05) is 0 Å². The first-order valence-corrected chi connectivity index (χ1v) is 7.17. The summed E-state index contributed by atoms with van der Waals surface area (Å²) in [7, 11) is 0. The molecule has 1 unspecified atom stereocenters. The van der Waals surface area contributed by atoms with Crippen LogP contribution in [0.4, 0.5) is 10.2 Å². The van der Waals surface area contributed by atoms with Crippen molar-refractivity contribution in [2.45, 2.75) is 19.3 Å². The van der Waals surface area contributed by atoms with Crippen molar-refractivity contribution < 1.29 is 24.2 Å². The van der Waals surface area contributed by atoms with Crippen molar-refractivity contribution in [2.75, 3.05) is 5.32 Å². The van der Waals surface area contributed by atoms with E-state index in [1.165, 1.54) is 35.0 Å². The number of rotatable bonds is 3. The van der Waals surface area contributed by atoms with Gasteiger partial charge in [-0.3, -0.25) is 4.79 Å². The highest BCUT2D eigenvalue weighted by Gasteiger charge is 2.32. The summed E-state index contributed by atoms with van der Waals surface area (Å²) in [6.45, 7) is 1.65. The number of hydrogen-bond acceptors (Lipinski definition) is 4. The Morgan fingerprint density at radius 1 is 1.29 bits per heavy atom. The van der Waals surface area contributed by atoms with Gasteiger partial charge in [-0.25, -0.2) is 13.9 Å². The Morgan fingerprint density at radius 2 is 1.96 bits per heavy atom. The van der Waals surface area contributed by atoms with Crippen LogP contribution in [0, 0.1) is 12.7 Å². The number of anilines is 1. The van der Waals surface area contributed by atoms with Gasteiger partial charge in [0.25, 0.3) is 0 Å². The highest BCUT2D eigenvalue weighted by molar-refractivity contribution is 5.92. The van der Waals surface area contributed by atoms with E-state index in [0.29, 0.717) is 16.9 Å². The number of nitrogens with zero attached hydrogens (tertiary/aromatic N) is 2. The van der Waals surface area contributed by atoms with Crippen LogP contribution in [0.1, 0.15) is 23.6 Å². The number of nitrogens with one attached hydrogen (secondary N) is 1. The van der Waals surface area contributed by atoms with E-state index >= 15 is 0 Å². The Hall–Kier alpha value is -3.16. The van der Waals surface area contributed by atoms with E-state index in [4.69, 9.17) is 0 Å². The minimum absolute atomic E-state index is 0.0346. The molecule has 0 bridgehead atoms. The van der Waals surface area contributed by atoms with Crippen molar-refractivity contribution in [3.63, 3.8) is 0 Å². The Kier molecular flexibility index (Phi) is 3.80. The van der Waals surface area contributed by atoms with Crippen LogP contribution in [0.3, 0.4) is 0 Å². The van der Waals surface area contributed by atoms with Crippen molar-refractivity contribution in [1.82, 2.24) is 9.78 Å². The summed E-state index contributed by atoms with van der Waals surface area (Å²) in [5.41, 5.74) is 1.25. The molecule has 1 aliphatic heterocycles. The molecule has 7 nitrogen and oxygen atoms in total. The summed E-state index contributed by atoms with van der Waals surface area (Å²) >= 11 is 0. The van der Waals surface area contributed by atoms with E-state index in [0.717, 1.165) is 0 Å². The molecule has 2 heterocycles. The van der Waals surface area contributed by atoms with E-state index in [9.17, 15) is 24.2 Å². The molecule has 0 fully saturated rings. The Bertz CT molecular complexity index is 855. The van der Waals surface area contributed by atoms with E-state index < -0.39 is 23.7 Å². The SMILES string of the molecule is Cc1nn(-c2ccc(F)cc2)c2c1C(C(=O)O)CC=C(C(=O)O)N2. The Labute approximate surface area is 136 Å². The van der Waals surface area contributed by atoms with Gasteiger partial charge >= 0.3 is 11.9 Å². The third kappa shape index (κ3) is 2.62. The van der Waals surface area contributed by atoms with Gasteiger partial charge in [0.2, 0.25) is 0 Å². The quantitative estimate of drug-likeness (QED) is 0.797. The number of aromatic nitrogens is 2. The average molecular weight is 331 g/mol. The smallest absolute Gasteiger partial charge is 0.352 e. The molecule has 124 valence electrons. The summed E-state index contributed by atoms with van der Waals surface area (Å²) in [6.07, 6.45) is 1.38. The highest BCUT2D eigenvalue weighted by Crippen LogP contribution is 2.36. The van der Waals surface area contributed by atoms with Crippen LogP contribution in [0.5, 0.6) is 0 Å². The van der Waals surface area contributed by atoms with Crippen LogP contribution in [0.25, 0.3) is 5.69 Å². The van der Waals surface area contributed by atoms with E-state index in [2.05, 4.69) is 10.4 Å². The zero-order chi connectivity index (χ0) is 17.4. The van der Waals surface area contributed by atoms with Crippen molar-refractivity contribution in [3.8, 4) is 5.69 Å². The molecule has 0 spiro atoms. The van der Waals surface area contributed by atoms with Crippen LogP contribution in [-0.2, 0) is 9.59 Å². The Morgan fingerprint density at radius 3 is 2.54 bits per heavy atom. The molecule has 0 saturated carbocycles. The largest absolute Gasteiger partial charge is 0.481 e. The molecule has 1 aromatic heterocycles. The number of fused-ring (bicyclic) bond motifs is 1. The lowest BCUT2D eigenvalue weighted by molar-refractivity contribution is -0.139. The second-order valence-corrected chi connectivity index (χ2v) is 5.41. The molecule has 0 radical (unpaired) electrons. The summed E-state index contributed by atoms with van der Waals surface area (Å²) < 4.78 is 14.5. The van der Waals surface area contributed by atoms with Crippen molar-refractivity contribution in [1.29, 1.82) is 0 Å². The molecule has 0 saturated heterocycles. The van der Waals surface area contributed by atoms with Gasteiger partial charge in [-0.1, -0.05) is 6.08 Å². The third-order valence-corrected chi connectivity index (χ3v) is 3.87. The van der Waals surface area contributed by atoms with Crippen molar-refractivity contribution in [3.05, 3.63) is 53.1 Å². The van der Waals surface area contributed by atoms with Crippen LogP contribution in [-0.4, -0.2) is 31.9 Å². The number of carboxylic acid groups (broad SMARTS) is 2. The maximum absolute atomic E-state index is 13.1. The lowest BCUT2D eigenvalue weighted by Gasteiger charge is -2.12. The number of allylic oxidation sites excluding steroid dienone is 1. The molecular formula is C16H14FN3O4. The average Bonchev–Trinajstić information content (AvgIpc) is 2.72. The van der Waals surface area contributed by atoms with Crippen LogP contribution in [0.2, 0.25) is 0 Å². The van der Waals surface area contributed by atoms with E-state index in [-0.39, 0.29) is 17.9 Å². The maximum Gasteiger partial charge on any atom is 0.352 e. The van der Waals surface area contributed by atoms with Gasteiger partial charge in [0.15, 0.2) is 0 Å². The molecule has 8 heteroatoms. The van der Waals surface area contributed by atoms with Gasteiger partial charge in [0, 0.05) is 5.56 Å². The fourth-order valence-electron chi connectivity index (χ4n) is 2.74. The number of carboxylic acids is 2. The number of aryl methyl sites for hydroxylation is 1. The molecule has 0 aliphatic carbocycles. The first kappa shape index (κ1) is 15.7. The monoisotopic (exact) mass is 331 g/mol. The number of benzene rings is 1. The fraction of sp³-hybridized carbons (Fsp3) is 0.188. The molecule has 0 amide bonds. The predicted molar refractivity (Wildman–Crippen MR) is 82.6 cm³/mol. The summed E-state index contributed by atoms with van der Waals surface area (Å²) in [6, 6.07) is 5.46. The fourth-order valence-corrected chi connectivity index (χ4v) is 2.74. The molecular weight excluding hydrogens is 317 g/mol. The molecule has 1 atom stereocenters. The zero-order valence-corrected chi connectivity index (χ0v) is 12.7. The first-order valence-electron chi connectivity index (χ1n) is 7.17. The summed E-state index contributed by atoms with van der Waals surface area (Å²) in [5.74, 6) is -3.34. The van der Waals surface area contributed by atoms with E-state index in [1.54, 1.807) is 6.92 Å². The summed E-state index contributed by atoms with van der Waals surface area (Å²) in [5, 5.41) is 25.8. The van der Waals surface area contributed by atoms with Crippen LogP contribution in [0.15, 0.2) is 36.0 Å². The first-order chi connectivity index (χ1) is 11.4. The minimum atomic E-state index is -1.20. The number of hydrogen-bond donors (Lipinski definition) is 3. The minimum Gasteiger partial charge on any atom is -0.481 e. The topological polar surface area (TPSA) is 104 Å². The summed E-state index contributed by atoms with van der Waals surface area (Å²) in [4.78, 5) is 22.9. The number of halogens is 1. The van der Waals surface area contributed by atoms with Gasteiger partial charge < -0.3 is 15.5 Å². The molecule has 1 aromatic carbocycles. The zero-order valence-electron chi connectivity index (χ0n) is 12.7. The second-order valence-electron chi connectivity index (χ2n) is 5.41. The number of aliphatic carboxylic acids is 2. The Balaban J connectivity index is 2.20. The molecule has 2 aromatic rings. The molecule has 24 heavy (non-hydrogen) atoms. The lowest BCUT2D eigenvalue weighted by atomic mass is 9.96. The van der Waals surface area contributed by atoms with Crippen LogP contribution < -0.4 is 5.32 Å². The predicted octanol–water partition coefficient (Wildman–Crippen LogP) is 2.27. The molecule has 3 rings (SSSR count). The van der Waals surface area contributed by atoms with Crippen LogP contribution >= 0.6 is 0 Å². The molecule has 3 N–H and O–H groups in total. The normalized spacial score (nSPS) is 16.6. The van der Waals surface area contributed by atoms with Gasteiger partial charge in [-0.05, 0) is 37.6 Å². The third-order valence-electron chi connectivity index (χ3n) is 3.87. The van der Waals surface area contributed by atoms with Gasteiger partial charge in [0.05, 0.1) is 17.3 Å². The van der Waals surface area contributed by atoms with Gasteiger partial charge in [-0.15, -0.1) is 0 Å². The maximum atomic E-state index is 13.1. The highest BCUT2D eigenvalue weighted by atomic mass is 19.1. The number of carbonyl (C=O) groups is 2. The van der Waals surface area contributed by atoms with Gasteiger partial charge in [-0.2, -0.15) is 5.10 Å². The second kappa shape index (κ2) is 5.80.